The van der Waals surface area contributed by atoms with Crippen LogP contribution in [0.25, 0.3) is 0 Å². The van der Waals surface area contributed by atoms with Gasteiger partial charge in [-0.2, -0.15) is 0 Å². The molecular weight excluding hydrogens is 360 g/mol. The van der Waals surface area contributed by atoms with Crippen molar-refractivity contribution in [2.45, 2.75) is 39.7 Å². The first-order chi connectivity index (χ1) is 14.2. The van der Waals surface area contributed by atoms with Crippen LogP contribution in [0.2, 0.25) is 0 Å². The average molecular weight is 389 g/mol. The smallest absolute Gasteiger partial charge is 0.277 e. The number of aryl methyl sites for hydroxylation is 1. The Morgan fingerprint density at radius 1 is 0.966 bits per heavy atom. The second-order valence-electron chi connectivity index (χ2n) is 7.06. The van der Waals surface area contributed by atoms with Gasteiger partial charge in [0.1, 0.15) is 5.69 Å². The molecule has 0 saturated carbocycles. The zero-order chi connectivity index (χ0) is 20.5. The van der Waals surface area contributed by atoms with Crippen molar-refractivity contribution >= 4 is 17.5 Å². The summed E-state index contributed by atoms with van der Waals surface area (Å²) in [5.41, 5.74) is 3.08. The first-order valence-electron chi connectivity index (χ1n) is 10.2. The van der Waals surface area contributed by atoms with E-state index in [1.54, 1.807) is 11.0 Å². The molecule has 0 unspecified atom stereocenters. The predicted octanol–water partition coefficient (Wildman–Crippen LogP) is 5.23. The molecule has 5 nitrogen and oxygen atoms in total. The Morgan fingerprint density at radius 2 is 1.66 bits per heavy atom. The number of amides is 1. The number of nitrogens with zero attached hydrogens (tertiary/aromatic N) is 3. The monoisotopic (exact) mass is 388 g/mol. The first-order valence-corrected chi connectivity index (χ1v) is 10.2. The van der Waals surface area contributed by atoms with Gasteiger partial charge in [-0.25, -0.2) is 9.97 Å². The SMILES string of the molecule is CCCCCNc1nc(C)cc(C(=O)N(Cc2ccccc2)c2ccccc2)n1. The molecule has 0 saturated heterocycles. The van der Waals surface area contributed by atoms with Crippen LogP contribution in [0.4, 0.5) is 11.6 Å². The topological polar surface area (TPSA) is 58.1 Å². The van der Waals surface area contributed by atoms with Crippen molar-refractivity contribution in [3.05, 3.63) is 83.7 Å². The molecule has 3 rings (SSSR count). The first kappa shape index (κ1) is 20.5. The average Bonchev–Trinajstić information content (AvgIpc) is 2.75. The summed E-state index contributed by atoms with van der Waals surface area (Å²) < 4.78 is 0. The number of hydrogen-bond donors (Lipinski definition) is 1. The van der Waals surface area contributed by atoms with Crippen molar-refractivity contribution in [3.63, 3.8) is 0 Å². The molecule has 0 aliphatic heterocycles. The van der Waals surface area contributed by atoms with E-state index in [0.717, 1.165) is 42.8 Å². The molecule has 2 aromatic carbocycles. The molecule has 5 heteroatoms. The second kappa shape index (κ2) is 10.4. The van der Waals surface area contributed by atoms with E-state index in [9.17, 15) is 4.79 Å². The molecule has 1 heterocycles. The van der Waals surface area contributed by atoms with E-state index in [1.807, 2.05) is 67.6 Å². The lowest BCUT2D eigenvalue weighted by atomic mass is 10.1. The summed E-state index contributed by atoms with van der Waals surface area (Å²) in [5, 5.41) is 3.25. The standard InChI is InChI=1S/C24H28N4O/c1-3-4-11-16-25-24-26-19(2)17-22(27-24)23(29)28(21-14-9-6-10-15-21)18-20-12-7-5-8-13-20/h5-10,12-15,17H,3-4,11,16,18H2,1-2H3,(H,25,26,27). The molecule has 0 atom stereocenters. The number of aromatic nitrogens is 2. The molecular formula is C24H28N4O. The third-order valence-corrected chi connectivity index (χ3v) is 4.63. The molecule has 150 valence electrons. The van der Waals surface area contributed by atoms with Gasteiger partial charge >= 0.3 is 0 Å². The summed E-state index contributed by atoms with van der Waals surface area (Å²) >= 11 is 0. The zero-order valence-electron chi connectivity index (χ0n) is 17.1. The number of benzene rings is 2. The van der Waals surface area contributed by atoms with Crippen LogP contribution in [-0.4, -0.2) is 22.4 Å². The predicted molar refractivity (Wildman–Crippen MR) is 118 cm³/mol. The number of para-hydroxylation sites is 1. The maximum Gasteiger partial charge on any atom is 0.277 e. The van der Waals surface area contributed by atoms with Crippen molar-refractivity contribution < 1.29 is 4.79 Å². The van der Waals surface area contributed by atoms with Gasteiger partial charge in [-0.15, -0.1) is 0 Å². The minimum absolute atomic E-state index is 0.137. The van der Waals surface area contributed by atoms with Gasteiger partial charge in [0.15, 0.2) is 0 Å². The highest BCUT2D eigenvalue weighted by molar-refractivity contribution is 6.04. The number of carbonyl (C=O) groups is 1. The van der Waals surface area contributed by atoms with Gasteiger partial charge in [-0.1, -0.05) is 68.3 Å². The van der Waals surface area contributed by atoms with Gasteiger partial charge < -0.3 is 10.2 Å². The summed E-state index contributed by atoms with van der Waals surface area (Å²) in [6.07, 6.45) is 3.37. The molecule has 3 aromatic rings. The van der Waals surface area contributed by atoms with Crippen molar-refractivity contribution in [2.75, 3.05) is 16.8 Å². The lowest BCUT2D eigenvalue weighted by Crippen LogP contribution is -2.31. The van der Waals surface area contributed by atoms with Crippen LogP contribution in [0.1, 0.15) is 47.9 Å². The minimum atomic E-state index is -0.137. The van der Waals surface area contributed by atoms with Crippen LogP contribution < -0.4 is 10.2 Å². The number of carbonyl (C=O) groups excluding carboxylic acids is 1. The van der Waals surface area contributed by atoms with E-state index in [2.05, 4.69) is 22.2 Å². The van der Waals surface area contributed by atoms with E-state index >= 15 is 0 Å². The summed E-state index contributed by atoms with van der Waals surface area (Å²) in [4.78, 5) is 24.1. The largest absolute Gasteiger partial charge is 0.354 e. The van der Waals surface area contributed by atoms with E-state index in [-0.39, 0.29) is 5.91 Å². The van der Waals surface area contributed by atoms with Crippen LogP contribution in [0.3, 0.4) is 0 Å². The Hall–Kier alpha value is -3.21. The lowest BCUT2D eigenvalue weighted by molar-refractivity contribution is 0.0980. The molecule has 0 fully saturated rings. The highest BCUT2D eigenvalue weighted by Crippen LogP contribution is 2.20. The maximum atomic E-state index is 13.4. The molecule has 0 radical (unpaired) electrons. The van der Waals surface area contributed by atoms with E-state index in [0.29, 0.717) is 18.2 Å². The molecule has 1 aromatic heterocycles. The minimum Gasteiger partial charge on any atom is -0.354 e. The summed E-state index contributed by atoms with van der Waals surface area (Å²) in [6.45, 7) is 5.34. The molecule has 0 aliphatic carbocycles. The van der Waals surface area contributed by atoms with Gasteiger partial charge in [0.2, 0.25) is 5.95 Å². The molecule has 29 heavy (non-hydrogen) atoms. The van der Waals surface area contributed by atoms with Crippen LogP contribution in [0, 0.1) is 6.92 Å². The Bertz CT molecular complexity index is 913. The van der Waals surface area contributed by atoms with Gasteiger partial charge in [0, 0.05) is 17.9 Å². The van der Waals surface area contributed by atoms with Gasteiger partial charge in [-0.05, 0) is 37.1 Å². The van der Waals surface area contributed by atoms with Crippen molar-refractivity contribution in [2.24, 2.45) is 0 Å². The third-order valence-electron chi connectivity index (χ3n) is 4.63. The van der Waals surface area contributed by atoms with Crippen LogP contribution in [0.5, 0.6) is 0 Å². The highest BCUT2D eigenvalue weighted by atomic mass is 16.2. The molecule has 1 amide bonds. The van der Waals surface area contributed by atoms with Crippen LogP contribution in [0.15, 0.2) is 66.7 Å². The van der Waals surface area contributed by atoms with Crippen molar-refractivity contribution in [1.82, 2.24) is 9.97 Å². The van der Waals surface area contributed by atoms with Gasteiger partial charge in [-0.3, -0.25) is 4.79 Å². The zero-order valence-corrected chi connectivity index (χ0v) is 17.1. The molecule has 0 aliphatic rings. The van der Waals surface area contributed by atoms with E-state index in [4.69, 9.17) is 0 Å². The van der Waals surface area contributed by atoms with Crippen molar-refractivity contribution in [3.8, 4) is 0 Å². The molecule has 0 bridgehead atoms. The van der Waals surface area contributed by atoms with E-state index in [1.165, 1.54) is 0 Å². The fourth-order valence-corrected chi connectivity index (χ4v) is 3.12. The van der Waals surface area contributed by atoms with Gasteiger partial charge in [0.25, 0.3) is 5.91 Å². The summed E-state index contributed by atoms with van der Waals surface area (Å²) in [7, 11) is 0. The number of hydrogen-bond acceptors (Lipinski definition) is 4. The Labute approximate surface area is 172 Å². The number of unbranched alkanes of at least 4 members (excludes halogenated alkanes) is 2. The van der Waals surface area contributed by atoms with Crippen molar-refractivity contribution in [1.29, 1.82) is 0 Å². The molecule has 1 N–H and O–H groups in total. The second-order valence-corrected chi connectivity index (χ2v) is 7.06. The summed E-state index contributed by atoms with van der Waals surface area (Å²) in [6, 6.07) is 21.4. The third kappa shape index (κ3) is 5.88. The fourth-order valence-electron chi connectivity index (χ4n) is 3.12. The highest BCUT2D eigenvalue weighted by Gasteiger charge is 2.20. The maximum absolute atomic E-state index is 13.4. The fraction of sp³-hybridized carbons (Fsp3) is 0.292. The van der Waals surface area contributed by atoms with E-state index < -0.39 is 0 Å². The summed E-state index contributed by atoms with van der Waals surface area (Å²) in [5.74, 6) is 0.374. The number of nitrogens with one attached hydrogen (secondary N) is 1. The lowest BCUT2D eigenvalue weighted by Gasteiger charge is -2.23. The molecule has 0 spiro atoms. The normalized spacial score (nSPS) is 10.6. The number of rotatable bonds is 9. The van der Waals surface area contributed by atoms with Gasteiger partial charge in [0.05, 0.1) is 6.54 Å². The number of anilines is 2. The Morgan fingerprint density at radius 3 is 2.34 bits per heavy atom. The Balaban J connectivity index is 1.86. The quantitative estimate of drug-likeness (QED) is 0.510. The van der Waals surface area contributed by atoms with Crippen LogP contribution >= 0.6 is 0 Å². The van der Waals surface area contributed by atoms with Crippen LogP contribution in [-0.2, 0) is 6.54 Å². The Kier molecular flexibility index (Phi) is 7.34.